The molecule has 0 saturated carbocycles. The van der Waals surface area contributed by atoms with Gasteiger partial charge in [-0.3, -0.25) is 4.79 Å². The van der Waals surface area contributed by atoms with Gasteiger partial charge in [0, 0.05) is 6.61 Å². The summed E-state index contributed by atoms with van der Waals surface area (Å²) in [5.74, 6) is 0.485. The Kier molecular flexibility index (Phi) is 6.86. The molecule has 0 bridgehead atoms. The fourth-order valence-corrected chi connectivity index (χ4v) is 2.43. The van der Waals surface area contributed by atoms with Crippen LogP contribution in [-0.4, -0.2) is 37.4 Å². The number of hydrogen-bond donors (Lipinski definition) is 1. The van der Waals surface area contributed by atoms with Crippen LogP contribution in [0, 0.1) is 0 Å². The fraction of sp³-hybridized carbons (Fsp3) is 0.611. The van der Waals surface area contributed by atoms with E-state index < -0.39 is 6.10 Å². The molecule has 1 heterocycles. The molecule has 0 aliphatic carbocycles. The van der Waals surface area contributed by atoms with Crippen molar-refractivity contribution in [2.75, 3.05) is 18.5 Å². The highest BCUT2D eigenvalue weighted by Crippen LogP contribution is 2.25. The molecule has 5 heteroatoms. The molecule has 128 valence electrons. The van der Waals surface area contributed by atoms with Crippen LogP contribution in [0.4, 0.5) is 5.69 Å². The molecule has 1 aromatic carbocycles. The van der Waals surface area contributed by atoms with Crippen molar-refractivity contribution in [2.45, 2.75) is 58.3 Å². The first-order valence-corrected chi connectivity index (χ1v) is 8.36. The molecule has 1 aliphatic heterocycles. The van der Waals surface area contributed by atoms with Gasteiger partial charge >= 0.3 is 0 Å². The number of benzene rings is 1. The lowest BCUT2D eigenvalue weighted by molar-refractivity contribution is -0.130. The van der Waals surface area contributed by atoms with E-state index in [1.54, 1.807) is 6.92 Å². The third-order valence-electron chi connectivity index (χ3n) is 3.68. The van der Waals surface area contributed by atoms with Gasteiger partial charge in [-0.05, 0) is 52.2 Å². The lowest BCUT2D eigenvalue weighted by Gasteiger charge is -2.24. The molecule has 5 nitrogen and oxygen atoms in total. The van der Waals surface area contributed by atoms with Crippen LogP contribution < -0.4 is 10.1 Å². The summed E-state index contributed by atoms with van der Waals surface area (Å²) in [6.07, 6.45) is 2.89. The zero-order valence-electron chi connectivity index (χ0n) is 14.2. The van der Waals surface area contributed by atoms with Crippen LogP contribution in [0.2, 0.25) is 0 Å². The van der Waals surface area contributed by atoms with Crippen LogP contribution in [0.5, 0.6) is 5.75 Å². The average molecular weight is 321 g/mol. The number of carbonyl (C=O) groups excluding carboxylic acids is 1. The van der Waals surface area contributed by atoms with Crippen LogP contribution >= 0.6 is 0 Å². The van der Waals surface area contributed by atoms with E-state index >= 15 is 0 Å². The molecule has 1 N–H and O–H groups in total. The summed E-state index contributed by atoms with van der Waals surface area (Å²) in [4.78, 5) is 12.3. The van der Waals surface area contributed by atoms with Gasteiger partial charge in [0.05, 0.1) is 24.5 Å². The number of ether oxygens (including phenoxy) is 3. The normalized spacial score (nSPS) is 19.4. The Bertz CT molecular complexity index is 498. The number of nitrogens with one attached hydrogen (secondary N) is 1. The molecule has 1 fully saturated rings. The third kappa shape index (κ3) is 5.84. The highest BCUT2D eigenvalue weighted by atomic mass is 16.5. The van der Waals surface area contributed by atoms with Gasteiger partial charge in [0.15, 0.2) is 0 Å². The molecule has 1 aromatic rings. The van der Waals surface area contributed by atoms with Crippen molar-refractivity contribution in [3.8, 4) is 5.75 Å². The monoisotopic (exact) mass is 321 g/mol. The second-order valence-electron chi connectivity index (χ2n) is 6.12. The van der Waals surface area contributed by atoms with Crippen molar-refractivity contribution in [3.05, 3.63) is 24.3 Å². The lowest BCUT2D eigenvalue weighted by Crippen LogP contribution is -2.32. The molecule has 1 amide bonds. The van der Waals surface area contributed by atoms with Gasteiger partial charge in [-0.15, -0.1) is 0 Å². The molecule has 2 atom stereocenters. The Morgan fingerprint density at radius 3 is 2.78 bits per heavy atom. The predicted molar refractivity (Wildman–Crippen MR) is 89.8 cm³/mol. The minimum atomic E-state index is -0.535. The molecule has 2 rings (SSSR count). The fourth-order valence-electron chi connectivity index (χ4n) is 2.43. The molecule has 23 heavy (non-hydrogen) atoms. The third-order valence-corrected chi connectivity index (χ3v) is 3.68. The van der Waals surface area contributed by atoms with Crippen molar-refractivity contribution < 1.29 is 19.0 Å². The van der Waals surface area contributed by atoms with E-state index in [2.05, 4.69) is 5.32 Å². The summed E-state index contributed by atoms with van der Waals surface area (Å²) in [6.45, 7) is 6.90. The SMILES string of the molecule is CC(C)Oc1ccccc1NC(=O)[C@H](C)OC[C@H]1CCCCO1. The topological polar surface area (TPSA) is 56.8 Å². The van der Waals surface area contributed by atoms with Gasteiger partial charge in [-0.25, -0.2) is 0 Å². The summed E-state index contributed by atoms with van der Waals surface area (Å²) in [5, 5.41) is 2.87. The summed E-state index contributed by atoms with van der Waals surface area (Å²) < 4.78 is 17.0. The summed E-state index contributed by atoms with van der Waals surface area (Å²) in [6, 6.07) is 7.42. The molecular formula is C18H27NO4. The largest absolute Gasteiger partial charge is 0.489 e. The van der Waals surface area contributed by atoms with Gasteiger partial charge < -0.3 is 19.5 Å². The first kappa shape index (κ1) is 17.8. The Hall–Kier alpha value is -1.59. The first-order chi connectivity index (χ1) is 11.1. The standard InChI is InChI=1S/C18H27NO4/c1-13(2)23-17-10-5-4-9-16(17)19-18(20)14(3)22-12-15-8-6-7-11-21-15/h4-5,9-10,13-15H,6-8,11-12H2,1-3H3,(H,19,20)/t14-,15+/m0/s1. The molecule has 1 aliphatic rings. The highest BCUT2D eigenvalue weighted by molar-refractivity contribution is 5.95. The van der Waals surface area contributed by atoms with Crippen LogP contribution in [0.1, 0.15) is 40.0 Å². The number of anilines is 1. The number of hydrogen-bond acceptors (Lipinski definition) is 4. The zero-order valence-corrected chi connectivity index (χ0v) is 14.2. The molecule has 0 radical (unpaired) electrons. The molecule has 0 unspecified atom stereocenters. The van der Waals surface area contributed by atoms with E-state index in [0.717, 1.165) is 25.9 Å². The average Bonchev–Trinajstić information content (AvgIpc) is 2.55. The van der Waals surface area contributed by atoms with Gasteiger partial charge in [-0.1, -0.05) is 12.1 Å². The maximum atomic E-state index is 12.3. The van der Waals surface area contributed by atoms with E-state index in [-0.39, 0.29) is 18.1 Å². The Morgan fingerprint density at radius 2 is 2.09 bits per heavy atom. The predicted octanol–water partition coefficient (Wildman–Crippen LogP) is 3.39. The van der Waals surface area contributed by atoms with Crippen LogP contribution in [0.25, 0.3) is 0 Å². The van der Waals surface area contributed by atoms with Crippen molar-refractivity contribution in [1.29, 1.82) is 0 Å². The Labute approximate surface area is 138 Å². The van der Waals surface area contributed by atoms with Crippen molar-refractivity contribution in [2.24, 2.45) is 0 Å². The van der Waals surface area contributed by atoms with Gasteiger partial charge in [0.25, 0.3) is 5.91 Å². The van der Waals surface area contributed by atoms with Crippen molar-refractivity contribution >= 4 is 11.6 Å². The van der Waals surface area contributed by atoms with Crippen LogP contribution in [0.3, 0.4) is 0 Å². The maximum absolute atomic E-state index is 12.3. The van der Waals surface area contributed by atoms with Gasteiger partial charge in [0.1, 0.15) is 11.9 Å². The van der Waals surface area contributed by atoms with Gasteiger partial charge in [0.2, 0.25) is 0 Å². The maximum Gasteiger partial charge on any atom is 0.253 e. The first-order valence-electron chi connectivity index (χ1n) is 8.36. The van der Waals surface area contributed by atoms with Crippen LogP contribution in [-0.2, 0) is 14.3 Å². The minimum absolute atomic E-state index is 0.0465. The number of rotatable bonds is 7. The second-order valence-corrected chi connectivity index (χ2v) is 6.12. The van der Waals surface area contributed by atoms with E-state index in [1.165, 1.54) is 0 Å². The van der Waals surface area contributed by atoms with E-state index in [4.69, 9.17) is 14.2 Å². The minimum Gasteiger partial charge on any atom is -0.489 e. The lowest BCUT2D eigenvalue weighted by atomic mass is 10.1. The summed E-state index contributed by atoms with van der Waals surface area (Å²) in [5.41, 5.74) is 0.663. The quantitative estimate of drug-likeness (QED) is 0.836. The van der Waals surface area contributed by atoms with Crippen LogP contribution in [0.15, 0.2) is 24.3 Å². The second kappa shape index (κ2) is 8.89. The molecule has 1 saturated heterocycles. The van der Waals surface area contributed by atoms with Crippen molar-refractivity contribution in [1.82, 2.24) is 0 Å². The molecular weight excluding hydrogens is 294 g/mol. The zero-order chi connectivity index (χ0) is 16.7. The van der Waals surface area contributed by atoms with E-state index in [0.29, 0.717) is 18.0 Å². The number of amides is 1. The van der Waals surface area contributed by atoms with Crippen molar-refractivity contribution in [3.63, 3.8) is 0 Å². The Balaban J connectivity index is 1.85. The smallest absolute Gasteiger partial charge is 0.253 e. The summed E-state index contributed by atoms with van der Waals surface area (Å²) >= 11 is 0. The summed E-state index contributed by atoms with van der Waals surface area (Å²) in [7, 11) is 0. The molecule has 0 spiro atoms. The van der Waals surface area contributed by atoms with E-state index in [1.807, 2.05) is 38.1 Å². The van der Waals surface area contributed by atoms with E-state index in [9.17, 15) is 4.79 Å². The molecule has 0 aromatic heterocycles. The highest BCUT2D eigenvalue weighted by Gasteiger charge is 2.19. The number of para-hydroxylation sites is 2. The Morgan fingerprint density at radius 1 is 1.30 bits per heavy atom. The number of carbonyl (C=O) groups is 1. The van der Waals surface area contributed by atoms with Gasteiger partial charge in [-0.2, -0.15) is 0 Å².